The van der Waals surface area contributed by atoms with Gasteiger partial charge in [-0.25, -0.2) is 4.39 Å². The summed E-state index contributed by atoms with van der Waals surface area (Å²) < 4.78 is 14.4. The summed E-state index contributed by atoms with van der Waals surface area (Å²) in [6.45, 7) is 4.47. The fourth-order valence-electron chi connectivity index (χ4n) is 3.31. The van der Waals surface area contributed by atoms with E-state index in [-0.39, 0.29) is 5.82 Å². The zero-order chi connectivity index (χ0) is 16.7. The van der Waals surface area contributed by atoms with E-state index in [0.717, 1.165) is 41.0 Å². The molecule has 4 rings (SSSR count). The van der Waals surface area contributed by atoms with Crippen LogP contribution in [0.15, 0.2) is 36.2 Å². The number of nitrogens with two attached hydrogens (primary N) is 1. The Kier molecular flexibility index (Phi) is 3.65. The van der Waals surface area contributed by atoms with Crippen molar-refractivity contribution < 1.29 is 4.39 Å². The average molecular weight is 324 g/mol. The van der Waals surface area contributed by atoms with Crippen molar-refractivity contribution in [1.29, 1.82) is 0 Å². The summed E-state index contributed by atoms with van der Waals surface area (Å²) in [5, 5.41) is 9.98. The van der Waals surface area contributed by atoms with Crippen LogP contribution in [-0.2, 0) is 6.54 Å². The SMILES string of the molecule is Cc1cccc(F)c1-c1cc2c(c(NC3CNC3)c1)C=C(N)NC2. The van der Waals surface area contributed by atoms with Crippen molar-refractivity contribution in [3.8, 4) is 11.1 Å². The number of halogens is 1. The highest BCUT2D eigenvalue weighted by Crippen LogP contribution is 2.35. The van der Waals surface area contributed by atoms with Gasteiger partial charge in [0.15, 0.2) is 0 Å². The first-order valence-electron chi connectivity index (χ1n) is 8.22. The van der Waals surface area contributed by atoms with Crippen LogP contribution in [0.1, 0.15) is 16.7 Å². The third-order valence-electron chi connectivity index (χ3n) is 4.70. The van der Waals surface area contributed by atoms with E-state index < -0.39 is 0 Å². The fourth-order valence-corrected chi connectivity index (χ4v) is 3.31. The first-order chi connectivity index (χ1) is 11.6. The molecule has 2 aliphatic rings. The maximum Gasteiger partial charge on any atom is 0.131 e. The van der Waals surface area contributed by atoms with Gasteiger partial charge in [0.2, 0.25) is 0 Å². The Labute approximate surface area is 140 Å². The molecule has 24 heavy (non-hydrogen) atoms. The highest BCUT2D eigenvalue weighted by molar-refractivity contribution is 5.80. The fraction of sp³-hybridized carbons (Fsp3) is 0.263. The van der Waals surface area contributed by atoms with Crippen LogP contribution in [0.4, 0.5) is 10.1 Å². The van der Waals surface area contributed by atoms with Crippen molar-refractivity contribution in [2.45, 2.75) is 19.5 Å². The molecule has 1 saturated heterocycles. The molecule has 2 aromatic carbocycles. The topological polar surface area (TPSA) is 62.1 Å². The van der Waals surface area contributed by atoms with Gasteiger partial charge in [0.1, 0.15) is 5.82 Å². The first kappa shape index (κ1) is 15.0. The van der Waals surface area contributed by atoms with Gasteiger partial charge in [0, 0.05) is 36.4 Å². The number of rotatable bonds is 3. The van der Waals surface area contributed by atoms with Crippen LogP contribution in [0.3, 0.4) is 0 Å². The lowest BCUT2D eigenvalue weighted by molar-refractivity contribution is 0.472. The van der Waals surface area contributed by atoms with E-state index in [1.165, 1.54) is 6.07 Å². The molecular formula is C19H21FN4. The number of hydrogen-bond donors (Lipinski definition) is 4. The van der Waals surface area contributed by atoms with E-state index in [1.807, 2.05) is 25.1 Å². The molecule has 0 saturated carbocycles. The van der Waals surface area contributed by atoms with Crippen LogP contribution in [0.25, 0.3) is 17.2 Å². The van der Waals surface area contributed by atoms with E-state index in [2.05, 4.69) is 22.0 Å². The van der Waals surface area contributed by atoms with Crippen molar-refractivity contribution in [3.63, 3.8) is 0 Å². The predicted octanol–water partition coefficient (Wildman–Crippen LogP) is 2.55. The maximum atomic E-state index is 14.4. The number of benzene rings is 2. The van der Waals surface area contributed by atoms with Gasteiger partial charge in [0.25, 0.3) is 0 Å². The number of nitrogens with one attached hydrogen (secondary N) is 3. The minimum Gasteiger partial charge on any atom is -0.386 e. The number of hydrogen-bond acceptors (Lipinski definition) is 4. The summed E-state index contributed by atoms with van der Waals surface area (Å²) in [4.78, 5) is 0. The lowest BCUT2D eigenvalue weighted by atomic mass is 9.92. The molecular weight excluding hydrogens is 303 g/mol. The zero-order valence-corrected chi connectivity index (χ0v) is 13.6. The van der Waals surface area contributed by atoms with E-state index in [0.29, 0.717) is 24.0 Å². The lowest BCUT2D eigenvalue weighted by Gasteiger charge is -2.31. The number of anilines is 1. The van der Waals surface area contributed by atoms with Crippen LogP contribution in [-0.4, -0.2) is 19.1 Å². The smallest absolute Gasteiger partial charge is 0.131 e. The normalized spacial score (nSPS) is 16.7. The molecule has 0 radical (unpaired) electrons. The Balaban J connectivity index is 1.85. The second-order valence-electron chi connectivity index (χ2n) is 6.48. The van der Waals surface area contributed by atoms with Crippen molar-refractivity contribution >= 4 is 11.8 Å². The molecule has 2 aromatic rings. The molecule has 124 valence electrons. The van der Waals surface area contributed by atoms with Crippen LogP contribution in [0, 0.1) is 12.7 Å². The first-order valence-corrected chi connectivity index (χ1v) is 8.22. The Morgan fingerprint density at radius 3 is 2.79 bits per heavy atom. The second kappa shape index (κ2) is 5.83. The zero-order valence-electron chi connectivity index (χ0n) is 13.6. The molecule has 0 spiro atoms. The molecule has 0 aromatic heterocycles. The summed E-state index contributed by atoms with van der Waals surface area (Å²) in [5.41, 5.74) is 11.7. The molecule has 4 nitrogen and oxygen atoms in total. The molecule has 0 aliphatic carbocycles. The van der Waals surface area contributed by atoms with Gasteiger partial charge in [-0.1, -0.05) is 12.1 Å². The Morgan fingerprint density at radius 1 is 1.25 bits per heavy atom. The lowest BCUT2D eigenvalue weighted by Crippen LogP contribution is -2.51. The third-order valence-corrected chi connectivity index (χ3v) is 4.70. The van der Waals surface area contributed by atoms with E-state index >= 15 is 0 Å². The van der Waals surface area contributed by atoms with Crippen molar-refractivity contribution in [2.75, 3.05) is 18.4 Å². The molecule has 5 N–H and O–H groups in total. The van der Waals surface area contributed by atoms with E-state index in [9.17, 15) is 4.39 Å². The van der Waals surface area contributed by atoms with Crippen molar-refractivity contribution in [2.24, 2.45) is 5.73 Å². The van der Waals surface area contributed by atoms with Crippen LogP contribution in [0.5, 0.6) is 0 Å². The van der Waals surface area contributed by atoms with Crippen LogP contribution in [0.2, 0.25) is 0 Å². The molecule has 0 bridgehead atoms. The quantitative estimate of drug-likeness (QED) is 0.701. The van der Waals surface area contributed by atoms with Gasteiger partial charge < -0.3 is 21.7 Å². The van der Waals surface area contributed by atoms with Crippen LogP contribution >= 0.6 is 0 Å². The predicted molar refractivity (Wildman–Crippen MR) is 95.9 cm³/mol. The molecule has 0 unspecified atom stereocenters. The Hall–Kier alpha value is -2.53. The molecule has 2 aliphatic heterocycles. The highest BCUT2D eigenvalue weighted by atomic mass is 19.1. The van der Waals surface area contributed by atoms with Crippen LogP contribution < -0.4 is 21.7 Å². The van der Waals surface area contributed by atoms with Gasteiger partial charge in [-0.15, -0.1) is 0 Å². The Morgan fingerprint density at radius 2 is 2.08 bits per heavy atom. The molecule has 2 heterocycles. The molecule has 5 heteroatoms. The largest absolute Gasteiger partial charge is 0.386 e. The average Bonchev–Trinajstić information content (AvgIpc) is 2.51. The van der Waals surface area contributed by atoms with Gasteiger partial charge >= 0.3 is 0 Å². The van der Waals surface area contributed by atoms with Crippen molar-refractivity contribution in [3.05, 3.63) is 58.7 Å². The summed E-state index contributed by atoms with van der Waals surface area (Å²) in [7, 11) is 0. The minimum atomic E-state index is -0.190. The third kappa shape index (κ3) is 2.61. The molecule has 0 atom stereocenters. The van der Waals surface area contributed by atoms with Crippen molar-refractivity contribution in [1.82, 2.24) is 10.6 Å². The second-order valence-corrected chi connectivity index (χ2v) is 6.48. The standard InChI is InChI=1S/C19H21FN4/c1-11-3-2-4-16(20)19(11)12-5-13-8-23-18(21)7-15(13)17(6-12)24-14-9-22-10-14/h2-7,14,22-24H,8-10,21H2,1H3. The minimum absolute atomic E-state index is 0.190. The van der Waals surface area contributed by atoms with Gasteiger partial charge in [-0.05, 0) is 47.9 Å². The van der Waals surface area contributed by atoms with Gasteiger partial charge in [-0.3, -0.25) is 0 Å². The highest BCUT2D eigenvalue weighted by Gasteiger charge is 2.21. The number of aryl methyl sites for hydroxylation is 1. The summed E-state index contributed by atoms with van der Waals surface area (Å²) in [6.07, 6.45) is 1.95. The van der Waals surface area contributed by atoms with E-state index in [1.54, 1.807) is 6.07 Å². The monoisotopic (exact) mass is 324 g/mol. The van der Waals surface area contributed by atoms with Gasteiger partial charge in [-0.2, -0.15) is 0 Å². The number of fused-ring (bicyclic) bond motifs is 1. The van der Waals surface area contributed by atoms with Gasteiger partial charge in [0.05, 0.1) is 11.9 Å². The summed E-state index contributed by atoms with van der Waals surface area (Å²) >= 11 is 0. The molecule has 0 amide bonds. The van der Waals surface area contributed by atoms with E-state index in [4.69, 9.17) is 5.73 Å². The summed E-state index contributed by atoms with van der Waals surface area (Å²) in [5.74, 6) is 0.470. The Bertz CT molecular complexity index is 804. The molecule has 1 fully saturated rings. The summed E-state index contributed by atoms with van der Waals surface area (Å²) in [6, 6.07) is 9.70. The maximum absolute atomic E-state index is 14.4.